The van der Waals surface area contributed by atoms with Gasteiger partial charge in [-0.15, -0.1) is 11.3 Å². The quantitative estimate of drug-likeness (QED) is 0.882. The van der Waals surface area contributed by atoms with Crippen molar-refractivity contribution in [2.24, 2.45) is 5.92 Å². The molecule has 0 bridgehead atoms. The predicted molar refractivity (Wildman–Crippen MR) is 90.3 cm³/mol. The Hall–Kier alpha value is -0.990. The number of hydrogen-bond donors (Lipinski definition) is 1. The number of pyridine rings is 1. The summed E-state index contributed by atoms with van der Waals surface area (Å²) in [5.41, 5.74) is 2.03. The molecular weight excluding hydrogens is 354 g/mol. The maximum absolute atomic E-state index is 13.0. The van der Waals surface area contributed by atoms with Crippen LogP contribution in [0.3, 0.4) is 0 Å². The summed E-state index contributed by atoms with van der Waals surface area (Å²) in [6.45, 7) is 2.55. The second kappa shape index (κ2) is 5.82. The van der Waals surface area contributed by atoms with Gasteiger partial charge in [0, 0.05) is 37.4 Å². The summed E-state index contributed by atoms with van der Waals surface area (Å²) in [5.74, 6) is 0.523. The number of fused-ring (bicyclic) bond motifs is 3. The lowest BCUT2D eigenvalue weighted by molar-refractivity contribution is 0.350. The highest BCUT2D eigenvalue weighted by Gasteiger charge is 2.39. The van der Waals surface area contributed by atoms with Crippen LogP contribution in [0.25, 0.3) is 0 Å². The first kappa shape index (κ1) is 15.5. The molecule has 8 heteroatoms. The van der Waals surface area contributed by atoms with Crippen LogP contribution in [-0.4, -0.2) is 37.3 Å². The molecule has 2 atom stereocenters. The predicted octanol–water partition coefficient (Wildman–Crippen LogP) is 2.30. The van der Waals surface area contributed by atoms with Crippen LogP contribution < -0.4 is 5.32 Å². The van der Waals surface area contributed by atoms with E-state index in [1.54, 1.807) is 22.6 Å². The zero-order valence-corrected chi connectivity index (χ0v) is 14.7. The van der Waals surface area contributed by atoms with Gasteiger partial charge in [-0.3, -0.25) is 4.98 Å². The lowest BCUT2D eigenvalue weighted by atomic mass is 9.91. The number of thiophene rings is 1. The summed E-state index contributed by atoms with van der Waals surface area (Å²) in [4.78, 5) is 4.54. The molecule has 23 heavy (non-hydrogen) atoms. The Kier molecular flexibility index (Phi) is 3.93. The summed E-state index contributed by atoms with van der Waals surface area (Å²) in [6.07, 6.45) is 1.79. The highest BCUT2D eigenvalue weighted by molar-refractivity contribution is 7.91. The maximum Gasteiger partial charge on any atom is 0.252 e. The maximum atomic E-state index is 13.0. The van der Waals surface area contributed by atoms with Crippen molar-refractivity contribution in [3.8, 4) is 0 Å². The van der Waals surface area contributed by atoms with Crippen molar-refractivity contribution in [2.45, 2.75) is 16.7 Å². The third-order valence-electron chi connectivity index (χ3n) is 4.54. The molecule has 122 valence electrons. The van der Waals surface area contributed by atoms with Crippen LogP contribution >= 0.6 is 22.9 Å². The van der Waals surface area contributed by atoms with Gasteiger partial charge in [0.1, 0.15) is 4.21 Å². The first-order chi connectivity index (χ1) is 11.1. The standard InChI is InChI=1S/C15H16ClN3O2S2/c16-13-3-4-14(22-13)23(20,21)19-8-10-2-1-5-18-15(10)12-7-17-6-11(12)9-19/h1-5,11-12,17H,6-9H2/t11-,12+/m1/s1. The SMILES string of the molecule is O=S(=O)(c1ccc(Cl)s1)N1Cc2cccnc2[C@H]2CNC[C@@H]2C1. The summed E-state index contributed by atoms with van der Waals surface area (Å²) in [7, 11) is -3.53. The molecule has 0 saturated carbocycles. The van der Waals surface area contributed by atoms with E-state index in [0.29, 0.717) is 21.6 Å². The van der Waals surface area contributed by atoms with Gasteiger partial charge in [0.2, 0.25) is 0 Å². The molecule has 5 nitrogen and oxygen atoms in total. The van der Waals surface area contributed by atoms with Crippen LogP contribution in [0.4, 0.5) is 0 Å². The molecule has 2 aromatic heterocycles. The summed E-state index contributed by atoms with van der Waals surface area (Å²) < 4.78 is 28.3. The largest absolute Gasteiger partial charge is 0.316 e. The Labute approximate surface area is 144 Å². The van der Waals surface area contributed by atoms with Crippen LogP contribution in [0.1, 0.15) is 17.2 Å². The molecule has 2 aliphatic rings. The lowest BCUT2D eigenvalue weighted by Gasteiger charge is -2.22. The normalized spacial score (nSPS) is 24.9. The van der Waals surface area contributed by atoms with Crippen molar-refractivity contribution in [2.75, 3.05) is 19.6 Å². The molecule has 2 aliphatic heterocycles. The summed E-state index contributed by atoms with van der Waals surface area (Å²) in [5, 5.41) is 3.37. The molecule has 0 amide bonds. The first-order valence-corrected chi connectivity index (χ1v) is 10.1. The van der Waals surface area contributed by atoms with Crippen LogP contribution in [0.5, 0.6) is 0 Å². The highest BCUT2D eigenvalue weighted by Crippen LogP contribution is 2.36. The van der Waals surface area contributed by atoms with Crippen molar-refractivity contribution in [1.29, 1.82) is 0 Å². The Morgan fingerprint density at radius 1 is 1.30 bits per heavy atom. The van der Waals surface area contributed by atoms with E-state index in [-0.39, 0.29) is 11.8 Å². The average Bonchev–Trinajstić information content (AvgIpc) is 3.13. The average molecular weight is 370 g/mol. The van der Waals surface area contributed by atoms with Gasteiger partial charge >= 0.3 is 0 Å². The second-order valence-corrected chi connectivity index (χ2v) is 9.81. The zero-order valence-electron chi connectivity index (χ0n) is 12.3. The first-order valence-electron chi connectivity index (χ1n) is 7.45. The molecule has 4 rings (SSSR count). The number of rotatable bonds is 2. The Morgan fingerprint density at radius 2 is 2.17 bits per heavy atom. The molecule has 0 spiro atoms. The van der Waals surface area contributed by atoms with Gasteiger partial charge < -0.3 is 5.32 Å². The van der Waals surface area contributed by atoms with Gasteiger partial charge in [-0.1, -0.05) is 17.7 Å². The van der Waals surface area contributed by atoms with Crippen molar-refractivity contribution in [3.05, 3.63) is 46.1 Å². The van der Waals surface area contributed by atoms with Gasteiger partial charge in [-0.05, 0) is 36.2 Å². The van der Waals surface area contributed by atoms with Crippen molar-refractivity contribution >= 4 is 33.0 Å². The monoisotopic (exact) mass is 369 g/mol. The van der Waals surface area contributed by atoms with Gasteiger partial charge in [-0.25, -0.2) is 8.42 Å². The number of hydrogen-bond acceptors (Lipinski definition) is 5. The summed E-state index contributed by atoms with van der Waals surface area (Å²) in [6, 6.07) is 7.06. The molecular formula is C15H16ClN3O2S2. The molecule has 1 fully saturated rings. The van der Waals surface area contributed by atoms with E-state index in [1.165, 1.54) is 0 Å². The van der Waals surface area contributed by atoms with Crippen LogP contribution in [0, 0.1) is 5.92 Å². The van der Waals surface area contributed by atoms with Crippen molar-refractivity contribution < 1.29 is 8.42 Å². The van der Waals surface area contributed by atoms with Crippen molar-refractivity contribution in [3.63, 3.8) is 0 Å². The Balaban J connectivity index is 1.76. The molecule has 0 unspecified atom stereocenters. The fourth-order valence-corrected chi connectivity index (χ4v) is 6.54. The molecule has 1 saturated heterocycles. The highest BCUT2D eigenvalue weighted by atomic mass is 35.5. The van der Waals surface area contributed by atoms with Crippen LogP contribution in [0.2, 0.25) is 4.34 Å². The lowest BCUT2D eigenvalue weighted by Crippen LogP contribution is -2.34. The smallest absolute Gasteiger partial charge is 0.252 e. The van der Waals surface area contributed by atoms with E-state index in [0.717, 1.165) is 35.7 Å². The third kappa shape index (κ3) is 2.70. The van der Waals surface area contributed by atoms with Gasteiger partial charge in [0.25, 0.3) is 10.0 Å². The minimum Gasteiger partial charge on any atom is -0.316 e. The topological polar surface area (TPSA) is 62.3 Å². The minimum atomic E-state index is -3.53. The number of sulfonamides is 1. The van der Waals surface area contributed by atoms with E-state index in [9.17, 15) is 8.42 Å². The molecule has 0 radical (unpaired) electrons. The molecule has 2 aromatic rings. The van der Waals surface area contributed by atoms with Gasteiger partial charge in [0.05, 0.1) is 4.34 Å². The molecule has 0 aliphatic carbocycles. The van der Waals surface area contributed by atoms with Crippen LogP contribution in [0.15, 0.2) is 34.7 Å². The minimum absolute atomic E-state index is 0.247. The van der Waals surface area contributed by atoms with Crippen molar-refractivity contribution in [1.82, 2.24) is 14.6 Å². The van der Waals surface area contributed by atoms with E-state index < -0.39 is 10.0 Å². The fraction of sp³-hybridized carbons (Fsp3) is 0.400. The Bertz CT molecular complexity index is 837. The van der Waals surface area contributed by atoms with Gasteiger partial charge in [-0.2, -0.15) is 4.31 Å². The van der Waals surface area contributed by atoms with Crippen LogP contribution in [-0.2, 0) is 16.6 Å². The number of nitrogens with zero attached hydrogens (tertiary/aromatic N) is 2. The van der Waals surface area contributed by atoms with E-state index in [4.69, 9.17) is 11.6 Å². The zero-order chi connectivity index (χ0) is 16.0. The third-order valence-corrected chi connectivity index (χ3v) is 8.05. The molecule has 4 heterocycles. The van der Waals surface area contributed by atoms with E-state index in [1.807, 2.05) is 12.1 Å². The number of halogens is 1. The number of nitrogens with one attached hydrogen (secondary N) is 1. The fourth-order valence-electron chi connectivity index (χ4n) is 3.43. The number of aromatic nitrogens is 1. The van der Waals surface area contributed by atoms with Gasteiger partial charge in [0.15, 0.2) is 0 Å². The second-order valence-electron chi connectivity index (χ2n) is 5.93. The van der Waals surface area contributed by atoms with E-state index in [2.05, 4.69) is 10.3 Å². The molecule has 0 aromatic carbocycles. The Morgan fingerprint density at radius 3 is 2.96 bits per heavy atom. The van der Waals surface area contributed by atoms with E-state index >= 15 is 0 Å². The summed E-state index contributed by atoms with van der Waals surface area (Å²) >= 11 is 7.03. The molecule has 1 N–H and O–H groups in total.